The maximum absolute atomic E-state index is 12.6. The molecule has 0 radical (unpaired) electrons. The van der Waals surface area contributed by atoms with Gasteiger partial charge in [0.05, 0.1) is 10.0 Å². The predicted molar refractivity (Wildman–Crippen MR) is 111 cm³/mol. The fourth-order valence-corrected chi connectivity index (χ4v) is 3.23. The van der Waals surface area contributed by atoms with Crippen LogP contribution in [0.2, 0.25) is 10.0 Å². The average molecular weight is 393 g/mol. The van der Waals surface area contributed by atoms with Crippen LogP contribution in [0.25, 0.3) is 28.2 Å². The molecule has 2 nitrogen and oxygen atoms in total. The first-order valence-corrected chi connectivity index (χ1v) is 9.13. The molecule has 1 heterocycles. The third-order valence-electron chi connectivity index (χ3n) is 4.28. The van der Waals surface area contributed by atoms with Crippen LogP contribution in [-0.2, 0) is 0 Å². The monoisotopic (exact) mass is 392 g/mol. The molecule has 0 N–H and O–H groups in total. The van der Waals surface area contributed by atoms with E-state index in [9.17, 15) is 4.79 Å². The van der Waals surface area contributed by atoms with Crippen LogP contribution in [0.1, 0.15) is 16.1 Å². The van der Waals surface area contributed by atoms with Gasteiger partial charge in [0.2, 0.25) is 0 Å². The number of hydrogen-bond acceptors (Lipinski definition) is 2. The highest BCUT2D eigenvalue weighted by Crippen LogP contribution is 2.30. The lowest BCUT2D eigenvalue weighted by Crippen LogP contribution is -1.95. The zero-order chi connectivity index (χ0) is 18.8. The molecular weight excluding hydrogens is 379 g/mol. The number of ketones is 1. The van der Waals surface area contributed by atoms with Crippen molar-refractivity contribution in [3.63, 3.8) is 0 Å². The second kappa shape index (κ2) is 7.43. The summed E-state index contributed by atoms with van der Waals surface area (Å²) in [6.45, 7) is 0. The summed E-state index contributed by atoms with van der Waals surface area (Å²) in [5, 5.41) is 2.93. The van der Waals surface area contributed by atoms with Crippen LogP contribution >= 0.6 is 23.2 Å². The van der Waals surface area contributed by atoms with E-state index >= 15 is 0 Å². The number of hydrogen-bond donors (Lipinski definition) is 0. The predicted octanol–water partition coefficient (Wildman–Crippen LogP) is 7.30. The quantitative estimate of drug-likeness (QED) is 0.269. The third kappa shape index (κ3) is 3.68. The van der Waals surface area contributed by atoms with Crippen molar-refractivity contribution in [1.82, 2.24) is 0 Å². The van der Waals surface area contributed by atoms with Gasteiger partial charge in [0.25, 0.3) is 0 Å². The molecule has 0 aliphatic rings. The SMILES string of the molecule is O=C(C=Cc1ccc(-c2ccc(Cl)c(Cl)c2)o1)c1cccc2ccccc12. The summed E-state index contributed by atoms with van der Waals surface area (Å²) in [5.41, 5.74) is 1.49. The van der Waals surface area contributed by atoms with Crippen molar-refractivity contribution in [3.05, 3.63) is 100 Å². The van der Waals surface area contributed by atoms with E-state index in [0.29, 0.717) is 27.1 Å². The first kappa shape index (κ1) is 17.6. The molecule has 4 heteroatoms. The lowest BCUT2D eigenvalue weighted by Gasteiger charge is -2.02. The first-order valence-electron chi connectivity index (χ1n) is 8.37. The summed E-state index contributed by atoms with van der Waals surface area (Å²) < 4.78 is 5.80. The molecule has 0 fully saturated rings. The zero-order valence-electron chi connectivity index (χ0n) is 14.2. The van der Waals surface area contributed by atoms with Gasteiger partial charge < -0.3 is 4.42 Å². The van der Waals surface area contributed by atoms with Crippen LogP contribution in [0.15, 0.2) is 83.3 Å². The van der Waals surface area contributed by atoms with E-state index in [1.165, 1.54) is 6.08 Å². The number of fused-ring (bicyclic) bond motifs is 1. The Labute approximate surface area is 166 Å². The Hall–Kier alpha value is -2.81. The summed E-state index contributed by atoms with van der Waals surface area (Å²) in [6, 6.07) is 22.5. The van der Waals surface area contributed by atoms with E-state index in [0.717, 1.165) is 16.3 Å². The Morgan fingerprint density at radius 3 is 2.52 bits per heavy atom. The minimum absolute atomic E-state index is 0.0701. The molecule has 27 heavy (non-hydrogen) atoms. The fourth-order valence-electron chi connectivity index (χ4n) is 2.93. The molecular formula is C23H14Cl2O2. The molecule has 4 aromatic rings. The van der Waals surface area contributed by atoms with Gasteiger partial charge >= 0.3 is 0 Å². The van der Waals surface area contributed by atoms with Crippen LogP contribution < -0.4 is 0 Å². The molecule has 0 bridgehead atoms. The van der Waals surface area contributed by atoms with Crippen molar-refractivity contribution in [2.24, 2.45) is 0 Å². The van der Waals surface area contributed by atoms with Crippen molar-refractivity contribution < 1.29 is 9.21 Å². The maximum atomic E-state index is 12.6. The molecule has 0 spiro atoms. The van der Waals surface area contributed by atoms with Gasteiger partial charge in [-0.05, 0) is 53.3 Å². The Bertz CT molecular complexity index is 1170. The number of furan rings is 1. The second-order valence-corrected chi connectivity index (χ2v) is 6.87. The Kier molecular flexibility index (Phi) is 4.85. The minimum atomic E-state index is -0.0701. The molecule has 0 aliphatic heterocycles. The fraction of sp³-hybridized carbons (Fsp3) is 0. The van der Waals surface area contributed by atoms with E-state index in [-0.39, 0.29) is 5.78 Å². The Morgan fingerprint density at radius 2 is 1.67 bits per heavy atom. The molecule has 0 aliphatic carbocycles. The van der Waals surface area contributed by atoms with Crippen molar-refractivity contribution >= 4 is 45.8 Å². The molecule has 0 amide bonds. The van der Waals surface area contributed by atoms with Crippen LogP contribution in [0.4, 0.5) is 0 Å². The zero-order valence-corrected chi connectivity index (χ0v) is 15.7. The van der Waals surface area contributed by atoms with E-state index in [1.807, 2.05) is 60.7 Å². The second-order valence-electron chi connectivity index (χ2n) is 6.06. The Morgan fingerprint density at radius 1 is 0.852 bits per heavy atom. The van der Waals surface area contributed by atoms with Gasteiger partial charge in [-0.25, -0.2) is 0 Å². The number of benzene rings is 3. The van der Waals surface area contributed by atoms with E-state index in [2.05, 4.69) is 0 Å². The lowest BCUT2D eigenvalue weighted by molar-refractivity contribution is 0.104. The van der Waals surface area contributed by atoms with Gasteiger partial charge in [-0.2, -0.15) is 0 Å². The highest BCUT2D eigenvalue weighted by molar-refractivity contribution is 6.42. The van der Waals surface area contributed by atoms with Crippen LogP contribution in [-0.4, -0.2) is 5.78 Å². The topological polar surface area (TPSA) is 30.2 Å². The molecule has 132 valence electrons. The number of carbonyl (C=O) groups excluding carboxylic acids is 1. The van der Waals surface area contributed by atoms with Crippen molar-refractivity contribution in [1.29, 1.82) is 0 Å². The van der Waals surface area contributed by atoms with Gasteiger partial charge in [0.1, 0.15) is 11.5 Å². The molecule has 0 unspecified atom stereocenters. The summed E-state index contributed by atoms with van der Waals surface area (Å²) in [4.78, 5) is 12.6. The molecule has 0 saturated carbocycles. The summed E-state index contributed by atoms with van der Waals surface area (Å²) in [7, 11) is 0. The van der Waals surface area contributed by atoms with Crippen LogP contribution in [0.3, 0.4) is 0 Å². The molecule has 4 rings (SSSR count). The number of rotatable bonds is 4. The summed E-state index contributed by atoms with van der Waals surface area (Å²) in [5.74, 6) is 1.18. The highest BCUT2D eigenvalue weighted by Gasteiger charge is 2.08. The largest absolute Gasteiger partial charge is 0.457 e. The van der Waals surface area contributed by atoms with E-state index in [1.54, 1.807) is 18.2 Å². The summed E-state index contributed by atoms with van der Waals surface area (Å²) in [6.07, 6.45) is 3.20. The van der Waals surface area contributed by atoms with Gasteiger partial charge in [-0.15, -0.1) is 0 Å². The minimum Gasteiger partial charge on any atom is -0.457 e. The van der Waals surface area contributed by atoms with Crippen LogP contribution in [0.5, 0.6) is 0 Å². The molecule has 3 aromatic carbocycles. The van der Waals surface area contributed by atoms with Gasteiger partial charge in [-0.3, -0.25) is 4.79 Å². The van der Waals surface area contributed by atoms with Crippen molar-refractivity contribution in [3.8, 4) is 11.3 Å². The highest BCUT2D eigenvalue weighted by atomic mass is 35.5. The Balaban J connectivity index is 1.59. The number of carbonyl (C=O) groups is 1. The lowest BCUT2D eigenvalue weighted by atomic mass is 10.0. The smallest absolute Gasteiger partial charge is 0.186 e. The molecule has 1 aromatic heterocycles. The van der Waals surface area contributed by atoms with Crippen molar-refractivity contribution in [2.75, 3.05) is 0 Å². The number of allylic oxidation sites excluding steroid dienone is 1. The molecule has 0 saturated heterocycles. The number of halogens is 2. The van der Waals surface area contributed by atoms with Crippen molar-refractivity contribution in [2.45, 2.75) is 0 Å². The van der Waals surface area contributed by atoms with Gasteiger partial charge in [0.15, 0.2) is 5.78 Å². The van der Waals surface area contributed by atoms with E-state index < -0.39 is 0 Å². The normalized spacial score (nSPS) is 11.3. The van der Waals surface area contributed by atoms with Gasteiger partial charge in [0, 0.05) is 11.1 Å². The standard InChI is InChI=1S/C23H14Cl2O2/c24-20-11-8-16(14-21(20)25)23-13-10-17(27-23)9-12-22(26)19-7-3-5-15-4-1-2-6-18(15)19/h1-14H. The van der Waals surface area contributed by atoms with Gasteiger partial charge in [-0.1, -0.05) is 65.7 Å². The van der Waals surface area contributed by atoms with Crippen LogP contribution in [0, 0.1) is 0 Å². The molecule has 0 atom stereocenters. The van der Waals surface area contributed by atoms with E-state index in [4.69, 9.17) is 27.6 Å². The summed E-state index contributed by atoms with van der Waals surface area (Å²) >= 11 is 12.0. The maximum Gasteiger partial charge on any atom is 0.186 e. The third-order valence-corrected chi connectivity index (χ3v) is 5.02. The average Bonchev–Trinajstić information content (AvgIpc) is 3.17. The first-order chi connectivity index (χ1) is 13.1.